The van der Waals surface area contributed by atoms with Crippen molar-refractivity contribution in [3.63, 3.8) is 0 Å². The molecule has 0 spiro atoms. The Kier molecular flexibility index (Phi) is 14.1. The molecule has 5 N–H and O–H groups in total. The van der Waals surface area contributed by atoms with Crippen LogP contribution in [-0.4, -0.2) is 49.3 Å². The summed E-state index contributed by atoms with van der Waals surface area (Å²) in [7, 11) is 0. The van der Waals surface area contributed by atoms with E-state index in [1.165, 1.54) is 0 Å². The molecule has 0 fully saturated rings. The van der Waals surface area contributed by atoms with Gasteiger partial charge in [-0.1, -0.05) is 18.2 Å². The van der Waals surface area contributed by atoms with E-state index in [1.54, 1.807) is 30.3 Å². The Balaban J connectivity index is -0.000000270. The third kappa shape index (κ3) is 5.84. The van der Waals surface area contributed by atoms with Gasteiger partial charge in [0.2, 0.25) is 0 Å². The Bertz CT molecular complexity index is 216. The Morgan fingerprint density at radius 1 is 1.08 bits per heavy atom. The second kappa shape index (κ2) is 9.34. The summed E-state index contributed by atoms with van der Waals surface area (Å²) in [6.45, 7) is 0. The maximum absolute atomic E-state index is 10.3. The molecule has 1 aromatic carbocycles. The van der Waals surface area contributed by atoms with Crippen LogP contribution in [0.2, 0.25) is 0 Å². The number of hydrogen-bond donors (Lipinski definition) is 1. The van der Waals surface area contributed by atoms with Gasteiger partial charge in [0.05, 0.1) is 4.90 Å². The second-order valence-corrected chi connectivity index (χ2v) is 2.53. The van der Waals surface area contributed by atoms with Crippen LogP contribution in [0, 0.1) is 0 Å². The van der Waals surface area contributed by atoms with E-state index in [0.29, 0.717) is 4.90 Å². The number of benzene rings is 1. The summed E-state index contributed by atoms with van der Waals surface area (Å²) in [5.41, 5.74) is 0. The monoisotopic (exact) mass is 201 g/mol. The van der Waals surface area contributed by atoms with Crippen LogP contribution in [0.25, 0.3) is 0 Å². The Labute approximate surface area is 95.2 Å². The Hall–Kier alpha value is 0.250. The summed E-state index contributed by atoms with van der Waals surface area (Å²) in [6, 6.07) is 8.47. The molecule has 0 aliphatic carbocycles. The van der Waals surface area contributed by atoms with Gasteiger partial charge in [0, 0.05) is 29.6 Å². The fourth-order valence-corrected chi connectivity index (χ4v) is 0.927. The standard InChI is InChI=1S/C6H6O2S.Na.2H2O/c7-9(8)6-4-2-1-3-5-6;;;/h1-5H,(H,7,8);;2*1H2. The maximum atomic E-state index is 10.3. The van der Waals surface area contributed by atoms with Gasteiger partial charge in [-0.15, -0.1) is 0 Å². The molecule has 12 heavy (non-hydrogen) atoms. The molecule has 6 heteroatoms. The molecule has 65 valence electrons. The van der Waals surface area contributed by atoms with E-state index in [0.717, 1.165) is 0 Å². The molecular weight excluding hydrogens is 191 g/mol. The van der Waals surface area contributed by atoms with Crippen LogP contribution in [-0.2, 0) is 11.1 Å². The number of hydrogen-bond acceptors (Lipinski definition) is 1. The maximum Gasteiger partial charge on any atom is 0.186 e. The zero-order valence-corrected chi connectivity index (χ0v) is 9.47. The first-order valence-electron chi connectivity index (χ1n) is 2.46. The van der Waals surface area contributed by atoms with Gasteiger partial charge in [-0.2, -0.15) is 0 Å². The minimum absolute atomic E-state index is 0. The van der Waals surface area contributed by atoms with E-state index in [4.69, 9.17) is 4.55 Å². The van der Waals surface area contributed by atoms with Crippen molar-refractivity contribution in [3.05, 3.63) is 30.3 Å². The minimum Gasteiger partial charge on any atom is -0.412 e. The normalized spacial score (nSPS) is 9.75. The van der Waals surface area contributed by atoms with Crippen molar-refractivity contribution in [3.8, 4) is 0 Å². The third-order valence-electron chi connectivity index (χ3n) is 0.945. The molecule has 1 unspecified atom stereocenters. The number of rotatable bonds is 1. The van der Waals surface area contributed by atoms with Crippen LogP contribution in [0.1, 0.15) is 0 Å². The SMILES string of the molecule is O.O.O=S(O)c1ccccc1.[Na]. The first-order valence-corrected chi connectivity index (χ1v) is 3.57. The quantitative estimate of drug-likeness (QED) is 0.476. The summed E-state index contributed by atoms with van der Waals surface area (Å²) < 4.78 is 18.8. The molecule has 0 aliphatic heterocycles. The average molecular weight is 201 g/mol. The van der Waals surface area contributed by atoms with Crippen LogP contribution in [0.4, 0.5) is 0 Å². The molecule has 0 saturated carbocycles. The van der Waals surface area contributed by atoms with Crippen molar-refractivity contribution in [1.82, 2.24) is 0 Å². The summed E-state index contributed by atoms with van der Waals surface area (Å²) in [5, 5.41) is 0. The molecule has 0 aliphatic rings. The molecule has 0 heterocycles. The van der Waals surface area contributed by atoms with Gasteiger partial charge >= 0.3 is 0 Å². The van der Waals surface area contributed by atoms with Gasteiger partial charge in [0.1, 0.15) is 0 Å². The minimum atomic E-state index is -1.83. The molecule has 0 amide bonds. The van der Waals surface area contributed by atoms with Gasteiger partial charge < -0.3 is 15.5 Å². The first-order chi connectivity index (χ1) is 4.30. The van der Waals surface area contributed by atoms with Crippen molar-refractivity contribution in [2.75, 3.05) is 0 Å². The predicted molar refractivity (Wildman–Crippen MR) is 48.5 cm³/mol. The van der Waals surface area contributed by atoms with Crippen molar-refractivity contribution in [2.24, 2.45) is 0 Å². The van der Waals surface area contributed by atoms with Crippen LogP contribution >= 0.6 is 0 Å². The van der Waals surface area contributed by atoms with Crippen LogP contribution in [0.3, 0.4) is 0 Å². The van der Waals surface area contributed by atoms with Crippen molar-refractivity contribution < 1.29 is 19.7 Å². The van der Waals surface area contributed by atoms with Crippen LogP contribution in [0.5, 0.6) is 0 Å². The largest absolute Gasteiger partial charge is 0.412 e. The molecule has 1 rings (SSSR count). The third-order valence-corrected chi connectivity index (χ3v) is 1.62. The molecular formula is C6H10NaO4S. The van der Waals surface area contributed by atoms with Gasteiger partial charge in [-0.3, -0.25) is 0 Å². The van der Waals surface area contributed by atoms with Crippen LogP contribution in [0.15, 0.2) is 35.2 Å². The summed E-state index contributed by atoms with van der Waals surface area (Å²) in [5.74, 6) is 0. The van der Waals surface area contributed by atoms with E-state index >= 15 is 0 Å². The average Bonchev–Trinajstić information content (AvgIpc) is 1.90. The summed E-state index contributed by atoms with van der Waals surface area (Å²) in [4.78, 5) is 0.442. The fourth-order valence-electron chi connectivity index (χ4n) is 0.537. The Morgan fingerprint density at radius 3 is 1.75 bits per heavy atom. The van der Waals surface area contributed by atoms with E-state index < -0.39 is 11.1 Å². The summed E-state index contributed by atoms with van der Waals surface area (Å²) in [6.07, 6.45) is 0. The van der Waals surface area contributed by atoms with Gasteiger partial charge in [0.15, 0.2) is 11.1 Å². The molecule has 0 aromatic heterocycles. The zero-order chi connectivity index (χ0) is 6.69. The van der Waals surface area contributed by atoms with Gasteiger partial charge in [-0.05, 0) is 12.1 Å². The van der Waals surface area contributed by atoms with Crippen molar-refractivity contribution >= 4 is 40.6 Å². The van der Waals surface area contributed by atoms with E-state index in [1.807, 2.05) is 0 Å². The molecule has 0 saturated heterocycles. The molecule has 0 bridgehead atoms. The molecule has 1 atom stereocenters. The van der Waals surface area contributed by atoms with E-state index in [9.17, 15) is 4.21 Å². The van der Waals surface area contributed by atoms with E-state index in [-0.39, 0.29) is 40.5 Å². The molecule has 1 aromatic rings. The predicted octanol–water partition coefficient (Wildman–Crippen LogP) is -0.763. The van der Waals surface area contributed by atoms with Crippen molar-refractivity contribution in [2.45, 2.75) is 4.90 Å². The van der Waals surface area contributed by atoms with Gasteiger partial charge in [0.25, 0.3) is 0 Å². The molecule has 1 radical (unpaired) electrons. The van der Waals surface area contributed by atoms with Crippen molar-refractivity contribution in [1.29, 1.82) is 0 Å². The topological polar surface area (TPSA) is 100 Å². The van der Waals surface area contributed by atoms with Gasteiger partial charge in [-0.25, -0.2) is 4.21 Å². The summed E-state index contributed by atoms with van der Waals surface area (Å²) >= 11 is -1.83. The smallest absolute Gasteiger partial charge is 0.186 e. The molecule has 4 nitrogen and oxygen atoms in total. The zero-order valence-electron chi connectivity index (χ0n) is 6.65. The first kappa shape index (κ1) is 18.1. The second-order valence-electron chi connectivity index (χ2n) is 1.56. The Morgan fingerprint density at radius 2 is 1.50 bits per heavy atom. The van der Waals surface area contributed by atoms with Crippen LogP contribution < -0.4 is 0 Å². The van der Waals surface area contributed by atoms with E-state index in [2.05, 4.69) is 0 Å². The fraction of sp³-hybridized carbons (Fsp3) is 0.